The predicted molar refractivity (Wildman–Crippen MR) is 42.8 cm³/mol. The van der Waals surface area contributed by atoms with Gasteiger partial charge in [-0.25, -0.2) is 4.79 Å². The average Bonchev–Trinajstić information content (AvgIpc) is 1.82. The maximum absolute atomic E-state index is 10.3. The molecule has 0 saturated carbocycles. The van der Waals surface area contributed by atoms with Crippen molar-refractivity contribution in [3.05, 3.63) is 0 Å². The van der Waals surface area contributed by atoms with E-state index in [2.05, 4.69) is 0 Å². The normalized spacial score (nSPS) is 10.1. The summed E-state index contributed by atoms with van der Waals surface area (Å²) >= 11 is 0. The molecular formula is C6H8LiO7. The van der Waals surface area contributed by atoms with E-state index in [0.717, 1.165) is 0 Å². The van der Waals surface area contributed by atoms with Gasteiger partial charge in [0.15, 0.2) is 5.60 Å². The molecule has 0 aliphatic rings. The molecule has 0 unspecified atom stereocenters. The number of hydrogen-bond donors (Lipinski definition) is 4. The zero-order valence-corrected chi connectivity index (χ0v) is 7.43. The molecule has 0 aliphatic heterocycles. The summed E-state index contributed by atoms with van der Waals surface area (Å²) in [5, 5.41) is 33.8. The third-order valence-corrected chi connectivity index (χ3v) is 1.29. The topological polar surface area (TPSA) is 132 Å². The quantitative estimate of drug-likeness (QED) is 0.390. The van der Waals surface area contributed by atoms with Gasteiger partial charge in [0.05, 0.1) is 12.8 Å². The van der Waals surface area contributed by atoms with Crippen LogP contribution in [-0.4, -0.2) is 62.8 Å². The number of carbonyl (C=O) groups is 3. The van der Waals surface area contributed by atoms with Gasteiger partial charge in [-0.1, -0.05) is 0 Å². The van der Waals surface area contributed by atoms with E-state index >= 15 is 0 Å². The van der Waals surface area contributed by atoms with Gasteiger partial charge >= 0.3 is 17.9 Å². The molecule has 0 aromatic rings. The van der Waals surface area contributed by atoms with Crippen LogP contribution < -0.4 is 0 Å². The number of carboxylic acids is 3. The number of hydrogen-bond acceptors (Lipinski definition) is 4. The van der Waals surface area contributed by atoms with E-state index in [1.54, 1.807) is 0 Å². The number of rotatable bonds is 5. The summed E-state index contributed by atoms with van der Waals surface area (Å²) < 4.78 is 0. The summed E-state index contributed by atoms with van der Waals surface area (Å²) in [6.45, 7) is 0. The van der Waals surface area contributed by atoms with Crippen molar-refractivity contribution < 1.29 is 34.8 Å². The molecule has 0 saturated heterocycles. The van der Waals surface area contributed by atoms with Gasteiger partial charge in [0, 0.05) is 18.9 Å². The molecule has 4 N–H and O–H groups in total. The van der Waals surface area contributed by atoms with Gasteiger partial charge in [0.2, 0.25) is 0 Å². The molecule has 14 heavy (non-hydrogen) atoms. The SMILES string of the molecule is O=C(O)CC(O)(CC(=O)O)C(=O)O.[Li]. The van der Waals surface area contributed by atoms with E-state index in [9.17, 15) is 14.4 Å². The van der Waals surface area contributed by atoms with Gasteiger partial charge in [-0.05, 0) is 0 Å². The van der Waals surface area contributed by atoms with Crippen molar-refractivity contribution in [2.75, 3.05) is 0 Å². The minimum atomic E-state index is -2.74. The maximum Gasteiger partial charge on any atom is 0.336 e. The minimum Gasteiger partial charge on any atom is -0.481 e. The van der Waals surface area contributed by atoms with Crippen LogP contribution in [0.25, 0.3) is 0 Å². The molecule has 0 fully saturated rings. The second kappa shape index (κ2) is 5.65. The summed E-state index contributed by atoms with van der Waals surface area (Å²) in [4.78, 5) is 30.5. The Kier molecular flexibility index (Phi) is 6.23. The third-order valence-electron chi connectivity index (χ3n) is 1.29. The van der Waals surface area contributed by atoms with Gasteiger partial charge in [-0.3, -0.25) is 9.59 Å². The summed E-state index contributed by atoms with van der Waals surface area (Å²) in [6, 6.07) is 0. The maximum atomic E-state index is 10.3. The molecule has 0 aromatic heterocycles. The molecule has 0 aromatic carbocycles. The molecule has 75 valence electrons. The van der Waals surface area contributed by atoms with Crippen molar-refractivity contribution >= 4 is 36.8 Å². The monoisotopic (exact) mass is 199 g/mol. The summed E-state index contributed by atoms with van der Waals surface area (Å²) in [7, 11) is 0. The van der Waals surface area contributed by atoms with E-state index in [1.165, 1.54) is 0 Å². The molecule has 0 rings (SSSR count). The van der Waals surface area contributed by atoms with Crippen LogP contribution in [0.2, 0.25) is 0 Å². The first-order valence-corrected chi connectivity index (χ1v) is 3.17. The fraction of sp³-hybridized carbons (Fsp3) is 0.500. The Morgan fingerprint density at radius 2 is 1.21 bits per heavy atom. The van der Waals surface area contributed by atoms with Crippen LogP contribution in [0.5, 0.6) is 0 Å². The third kappa shape index (κ3) is 4.86. The Balaban J connectivity index is 0. The molecule has 7 nitrogen and oxygen atoms in total. The molecule has 1 radical (unpaired) electrons. The standard InChI is InChI=1S/C6H8O7.Li/c7-3(8)1-6(13,5(11)12)2-4(9)10;/h13H,1-2H2,(H,7,8)(H,9,10)(H,11,12);. The first-order valence-electron chi connectivity index (χ1n) is 3.17. The van der Waals surface area contributed by atoms with Crippen LogP contribution in [0, 0.1) is 0 Å². The van der Waals surface area contributed by atoms with Crippen LogP contribution >= 0.6 is 0 Å². The average molecular weight is 199 g/mol. The van der Waals surface area contributed by atoms with E-state index in [4.69, 9.17) is 20.4 Å². The van der Waals surface area contributed by atoms with Gasteiger partial charge in [-0.2, -0.15) is 0 Å². The molecule has 0 atom stereocenters. The minimum absolute atomic E-state index is 0. The second-order valence-electron chi connectivity index (χ2n) is 2.48. The van der Waals surface area contributed by atoms with Gasteiger partial charge in [0.25, 0.3) is 0 Å². The largest absolute Gasteiger partial charge is 0.481 e. The van der Waals surface area contributed by atoms with Crippen molar-refractivity contribution in [1.29, 1.82) is 0 Å². The van der Waals surface area contributed by atoms with Crippen LogP contribution in [0.15, 0.2) is 0 Å². The predicted octanol–water partition coefficient (Wildman–Crippen LogP) is -1.63. The van der Waals surface area contributed by atoms with Crippen molar-refractivity contribution in [3.63, 3.8) is 0 Å². The van der Waals surface area contributed by atoms with Gasteiger partial charge < -0.3 is 20.4 Å². The molecule has 8 heteroatoms. The second-order valence-corrected chi connectivity index (χ2v) is 2.48. The molecule has 0 bridgehead atoms. The Morgan fingerprint density at radius 1 is 0.929 bits per heavy atom. The van der Waals surface area contributed by atoms with E-state index < -0.39 is 36.4 Å². The fourth-order valence-electron chi connectivity index (χ4n) is 0.714. The molecule has 0 aliphatic carbocycles. The Bertz CT molecular complexity index is 233. The first kappa shape index (κ1) is 15.4. The van der Waals surface area contributed by atoms with Gasteiger partial charge in [-0.15, -0.1) is 0 Å². The summed E-state index contributed by atoms with van der Waals surface area (Å²) in [6.07, 6.45) is -2.29. The van der Waals surface area contributed by atoms with E-state index in [1.807, 2.05) is 0 Å². The molecule has 0 heterocycles. The number of aliphatic carboxylic acids is 3. The van der Waals surface area contributed by atoms with E-state index in [-0.39, 0.29) is 18.9 Å². The molecule has 0 amide bonds. The Hall–Kier alpha value is -1.03. The van der Waals surface area contributed by atoms with Gasteiger partial charge in [0.1, 0.15) is 0 Å². The number of carboxylic acid groups (broad SMARTS) is 3. The van der Waals surface area contributed by atoms with Crippen LogP contribution in [0.1, 0.15) is 12.8 Å². The Morgan fingerprint density at radius 3 is 1.36 bits per heavy atom. The number of aliphatic hydroxyl groups is 1. The van der Waals surface area contributed by atoms with Crippen molar-refractivity contribution in [1.82, 2.24) is 0 Å². The van der Waals surface area contributed by atoms with E-state index in [0.29, 0.717) is 0 Å². The van der Waals surface area contributed by atoms with Crippen LogP contribution in [-0.2, 0) is 14.4 Å². The van der Waals surface area contributed by atoms with Crippen molar-refractivity contribution in [2.24, 2.45) is 0 Å². The fourth-order valence-corrected chi connectivity index (χ4v) is 0.714. The smallest absolute Gasteiger partial charge is 0.336 e. The Labute approximate surface area is 90.5 Å². The van der Waals surface area contributed by atoms with Crippen molar-refractivity contribution in [2.45, 2.75) is 18.4 Å². The molecule has 0 spiro atoms. The first-order chi connectivity index (χ1) is 5.78. The zero-order chi connectivity index (χ0) is 10.6. The molecular weight excluding hydrogens is 191 g/mol. The van der Waals surface area contributed by atoms with Crippen molar-refractivity contribution in [3.8, 4) is 0 Å². The van der Waals surface area contributed by atoms with Crippen LogP contribution in [0.4, 0.5) is 0 Å². The summed E-state index contributed by atoms with van der Waals surface area (Å²) in [5.74, 6) is -5.02. The van der Waals surface area contributed by atoms with Crippen LogP contribution in [0.3, 0.4) is 0 Å². The summed E-state index contributed by atoms with van der Waals surface area (Å²) in [5.41, 5.74) is -2.74. The zero-order valence-electron chi connectivity index (χ0n) is 7.43.